The molecule has 0 unspecified atom stereocenters. The molecule has 1 fully saturated rings. The van der Waals surface area contributed by atoms with Gasteiger partial charge in [-0.3, -0.25) is 0 Å². The summed E-state index contributed by atoms with van der Waals surface area (Å²) in [7, 11) is 3.74. The third-order valence-electron chi connectivity index (χ3n) is 3.36. The molecule has 2 rings (SSSR count). The number of rotatable bonds is 3. The fraction of sp³-hybridized carbons (Fsp3) is 0.538. The van der Waals surface area contributed by atoms with Crippen LogP contribution in [-0.2, 0) is 4.74 Å². The predicted molar refractivity (Wildman–Crippen MR) is 69.7 cm³/mol. The Morgan fingerprint density at radius 2 is 2.06 bits per heavy atom. The second kappa shape index (κ2) is 5.27. The van der Waals surface area contributed by atoms with Gasteiger partial charge >= 0.3 is 0 Å². The van der Waals surface area contributed by atoms with Gasteiger partial charge in [0.2, 0.25) is 0 Å². The summed E-state index contributed by atoms with van der Waals surface area (Å²) in [6, 6.07) is 6.47. The molecule has 17 heavy (non-hydrogen) atoms. The Morgan fingerprint density at radius 1 is 1.35 bits per heavy atom. The molecule has 0 atom stereocenters. The quantitative estimate of drug-likeness (QED) is 0.814. The normalized spacial score (nSPS) is 16.8. The lowest BCUT2D eigenvalue weighted by Gasteiger charge is -2.33. The first-order valence-corrected chi connectivity index (χ1v) is 5.96. The van der Waals surface area contributed by atoms with Gasteiger partial charge in [0, 0.05) is 32.0 Å². The van der Waals surface area contributed by atoms with Gasteiger partial charge in [-0.1, -0.05) is 0 Å². The number of ether oxygens (including phenoxy) is 2. The smallest absolute Gasteiger partial charge is 0.141 e. The Morgan fingerprint density at radius 3 is 2.65 bits per heavy atom. The summed E-state index contributed by atoms with van der Waals surface area (Å²) in [4.78, 5) is 2.28. The van der Waals surface area contributed by atoms with Crippen molar-refractivity contribution < 1.29 is 9.47 Å². The largest absolute Gasteiger partial charge is 0.495 e. The lowest BCUT2D eigenvalue weighted by atomic mass is 10.1. The topological polar surface area (TPSA) is 47.7 Å². The van der Waals surface area contributed by atoms with Crippen LogP contribution in [-0.4, -0.2) is 33.4 Å². The van der Waals surface area contributed by atoms with Gasteiger partial charge in [0.25, 0.3) is 0 Å². The molecule has 4 heteroatoms. The van der Waals surface area contributed by atoms with E-state index < -0.39 is 0 Å². The summed E-state index contributed by atoms with van der Waals surface area (Å²) >= 11 is 0. The van der Waals surface area contributed by atoms with Crippen LogP contribution in [0.2, 0.25) is 0 Å². The summed E-state index contributed by atoms with van der Waals surface area (Å²) in [5.74, 6) is 0.731. The Balaban J connectivity index is 2.12. The number of hydrogen-bond acceptors (Lipinski definition) is 4. The maximum Gasteiger partial charge on any atom is 0.141 e. The molecule has 4 nitrogen and oxygen atoms in total. The van der Waals surface area contributed by atoms with E-state index in [1.807, 2.05) is 18.2 Å². The van der Waals surface area contributed by atoms with Gasteiger partial charge in [-0.05, 0) is 31.0 Å². The van der Waals surface area contributed by atoms with Gasteiger partial charge in [0.1, 0.15) is 5.75 Å². The first-order chi connectivity index (χ1) is 8.22. The fourth-order valence-corrected chi connectivity index (χ4v) is 2.22. The predicted octanol–water partition coefficient (Wildman–Crippen LogP) is 1.89. The summed E-state index contributed by atoms with van der Waals surface area (Å²) in [5.41, 5.74) is 7.74. The monoisotopic (exact) mass is 236 g/mol. The molecule has 0 aromatic heterocycles. The molecule has 0 aliphatic carbocycles. The lowest BCUT2D eigenvalue weighted by Crippen LogP contribution is -2.36. The Kier molecular flexibility index (Phi) is 3.74. The van der Waals surface area contributed by atoms with Crippen molar-refractivity contribution in [1.29, 1.82) is 0 Å². The molecule has 1 saturated heterocycles. The molecule has 0 radical (unpaired) electrons. The molecule has 0 amide bonds. The second-order valence-electron chi connectivity index (χ2n) is 4.38. The van der Waals surface area contributed by atoms with Gasteiger partial charge in [-0.25, -0.2) is 0 Å². The Hall–Kier alpha value is -1.42. The van der Waals surface area contributed by atoms with Crippen LogP contribution in [0.4, 0.5) is 11.4 Å². The minimum Gasteiger partial charge on any atom is -0.495 e. The highest BCUT2D eigenvalue weighted by Gasteiger charge is 2.19. The van der Waals surface area contributed by atoms with Gasteiger partial charge in [0.15, 0.2) is 0 Å². The van der Waals surface area contributed by atoms with E-state index in [9.17, 15) is 0 Å². The first-order valence-electron chi connectivity index (χ1n) is 5.96. The van der Waals surface area contributed by atoms with Crippen molar-refractivity contribution in [3.8, 4) is 5.75 Å². The van der Waals surface area contributed by atoms with E-state index in [2.05, 4.69) is 11.9 Å². The summed E-state index contributed by atoms with van der Waals surface area (Å²) in [5, 5.41) is 0. The molecule has 0 bridgehead atoms. The SMILES string of the molecule is COc1ccc(N(C)C2CCOCC2)cc1N. The molecule has 1 aliphatic heterocycles. The van der Waals surface area contributed by atoms with Gasteiger partial charge < -0.3 is 20.1 Å². The van der Waals surface area contributed by atoms with E-state index >= 15 is 0 Å². The van der Waals surface area contributed by atoms with E-state index in [1.165, 1.54) is 0 Å². The average Bonchev–Trinajstić information content (AvgIpc) is 2.39. The third kappa shape index (κ3) is 2.64. The second-order valence-corrected chi connectivity index (χ2v) is 4.38. The number of benzene rings is 1. The van der Waals surface area contributed by atoms with Crippen molar-refractivity contribution in [1.82, 2.24) is 0 Å². The van der Waals surface area contributed by atoms with Gasteiger partial charge in [0.05, 0.1) is 12.8 Å². The lowest BCUT2D eigenvalue weighted by molar-refractivity contribution is 0.0855. The molecule has 0 saturated carbocycles. The van der Waals surface area contributed by atoms with Crippen LogP contribution in [0, 0.1) is 0 Å². The van der Waals surface area contributed by atoms with Crippen molar-refractivity contribution >= 4 is 11.4 Å². The third-order valence-corrected chi connectivity index (χ3v) is 3.36. The van der Waals surface area contributed by atoms with Crippen molar-refractivity contribution in [2.75, 3.05) is 38.0 Å². The number of anilines is 2. The molecule has 0 spiro atoms. The molecular formula is C13H20N2O2. The van der Waals surface area contributed by atoms with Crippen LogP contribution in [0.3, 0.4) is 0 Å². The summed E-state index contributed by atoms with van der Waals surface area (Å²) < 4.78 is 10.5. The van der Waals surface area contributed by atoms with Crippen molar-refractivity contribution in [2.45, 2.75) is 18.9 Å². The van der Waals surface area contributed by atoms with Crippen molar-refractivity contribution in [2.24, 2.45) is 0 Å². The summed E-state index contributed by atoms with van der Waals surface area (Å²) in [6.07, 6.45) is 2.14. The number of nitrogens with two attached hydrogens (primary N) is 1. The highest BCUT2D eigenvalue weighted by Crippen LogP contribution is 2.28. The fourth-order valence-electron chi connectivity index (χ4n) is 2.22. The summed E-state index contributed by atoms with van der Waals surface area (Å²) in [6.45, 7) is 1.70. The van der Waals surface area contributed by atoms with E-state index in [0.29, 0.717) is 11.7 Å². The maximum absolute atomic E-state index is 5.92. The van der Waals surface area contributed by atoms with Crippen LogP contribution in [0.5, 0.6) is 5.75 Å². The molecule has 2 N–H and O–H groups in total. The highest BCUT2D eigenvalue weighted by molar-refractivity contribution is 5.63. The van der Waals surface area contributed by atoms with Gasteiger partial charge in [-0.2, -0.15) is 0 Å². The zero-order valence-electron chi connectivity index (χ0n) is 10.5. The minimum absolute atomic E-state index is 0.538. The van der Waals surface area contributed by atoms with Crippen LogP contribution in [0.15, 0.2) is 18.2 Å². The molecule has 1 aromatic rings. The van der Waals surface area contributed by atoms with Crippen LogP contribution in [0.1, 0.15) is 12.8 Å². The standard InChI is InChI=1S/C13H20N2O2/c1-15(10-5-7-17-8-6-10)11-3-4-13(16-2)12(14)9-11/h3-4,9-10H,5-8,14H2,1-2H3. The zero-order valence-corrected chi connectivity index (χ0v) is 10.5. The number of methoxy groups -OCH3 is 1. The van der Waals surface area contributed by atoms with E-state index in [-0.39, 0.29) is 0 Å². The number of nitrogens with zero attached hydrogens (tertiary/aromatic N) is 1. The van der Waals surface area contributed by atoms with Crippen molar-refractivity contribution in [3.05, 3.63) is 18.2 Å². The molecule has 94 valence electrons. The number of nitrogen functional groups attached to an aromatic ring is 1. The van der Waals surface area contributed by atoms with E-state index in [1.54, 1.807) is 7.11 Å². The molecule has 1 heterocycles. The molecule has 1 aliphatic rings. The minimum atomic E-state index is 0.538. The van der Waals surface area contributed by atoms with E-state index in [4.69, 9.17) is 15.2 Å². The average molecular weight is 236 g/mol. The van der Waals surface area contributed by atoms with Crippen LogP contribution in [0.25, 0.3) is 0 Å². The zero-order chi connectivity index (χ0) is 12.3. The molecular weight excluding hydrogens is 216 g/mol. The number of hydrogen-bond donors (Lipinski definition) is 1. The highest BCUT2D eigenvalue weighted by atomic mass is 16.5. The van der Waals surface area contributed by atoms with Crippen LogP contribution < -0.4 is 15.4 Å². The maximum atomic E-state index is 5.92. The molecule has 1 aromatic carbocycles. The Labute approximate surface area is 102 Å². The van der Waals surface area contributed by atoms with Crippen LogP contribution >= 0.6 is 0 Å². The van der Waals surface area contributed by atoms with E-state index in [0.717, 1.165) is 37.5 Å². The Bertz CT molecular complexity index is 376. The van der Waals surface area contributed by atoms with Gasteiger partial charge in [-0.15, -0.1) is 0 Å². The first kappa shape index (κ1) is 12.0. The van der Waals surface area contributed by atoms with Crippen molar-refractivity contribution in [3.63, 3.8) is 0 Å².